The normalized spacial score (nSPS) is 15.6. The number of nitrogens with zero attached hydrogens (tertiary/aromatic N) is 1. The fourth-order valence-corrected chi connectivity index (χ4v) is 2.58. The second kappa shape index (κ2) is 7.81. The monoisotopic (exact) mass is 320 g/mol. The highest BCUT2D eigenvalue weighted by Crippen LogP contribution is 2.25. The Morgan fingerprint density at radius 3 is 2.65 bits per heavy atom. The van der Waals surface area contributed by atoms with E-state index in [1.165, 1.54) is 12.1 Å². The van der Waals surface area contributed by atoms with Crippen molar-refractivity contribution < 1.29 is 9.18 Å². The average molecular weight is 321 g/mol. The Balaban J connectivity index is 0.00000200. The zero-order valence-corrected chi connectivity index (χ0v) is 12.9. The van der Waals surface area contributed by atoms with Crippen LogP contribution in [0.3, 0.4) is 0 Å². The molecule has 1 N–H and O–H groups in total. The first-order valence-corrected chi connectivity index (χ1v) is 6.98. The molecule has 1 amide bonds. The van der Waals surface area contributed by atoms with E-state index in [0.29, 0.717) is 12.2 Å². The molecule has 0 atom stereocenters. The molecule has 0 unspecified atom stereocenters. The van der Waals surface area contributed by atoms with Crippen LogP contribution in [0.2, 0.25) is 5.02 Å². The summed E-state index contributed by atoms with van der Waals surface area (Å²) < 4.78 is 13.2. The first-order valence-electron chi connectivity index (χ1n) is 6.60. The second-order valence-electron chi connectivity index (χ2n) is 4.71. The van der Waals surface area contributed by atoms with Gasteiger partial charge in [0.15, 0.2) is 0 Å². The lowest BCUT2D eigenvalue weighted by Gasteiger charge is -2.29. The third-order valence-corrected chi connectivity index (χ3v) is 3.78. The minimum atomic E-state index is -0.462. The van der Waals surface area contributed by atoms with Crippen molar-refractivity contribution in [2.24, 2.45) is 5.92 Å². The molecule has 1 aliphatic heterocycles. The van der Waals surface area contributed by atoms with E-state index in [1.54, 1.807) is 11.0 Å². The number of halogens is 3. The first kappa shape index (κ1) is 17.2. The average Bonchev–Trinajstić information content (AvgIpc) is 2.44. The Labute approximate surface area is 129 Å². The van der Waals surface area contributed by atoms with Gasteiger partial charge in [0, 0.05) is 18.2 Å². The molecule has 0 aromatic heterocycles. The molecule has 6 heteroatoms. The van der Waals surface area contributed by atoms with Crippen LogP contribution in [0.25, 0.3) is 0 Å². The van der Waals surface area contributed by atoms with Crippen LogP contribution in [-0.4, -0.2) is 25.5 Å². The van der Waals surface area contributed by atoms with Gasteiger partial charge in [0.05, 0.1) is 5.02 Å². The standard InChI is InChI=1S/C14H18ClFN2O.ClH/c1-2-18(11-3-4-13(16)12(15)9-11)14(19)10-5-7-17-8-6-10;/h3-4,9-10,17H,2,5-8H2,1H3;1H. The molecule has 1 fully saturated rings. The smallest absolute Gasteiger partial charge is 0.230 e. The van der Waals surface area contributed by atoms with Crippen LogP contribution in [0.5, 0.6) is 0 Å². The summed E-state index contributed by atoms with van der Waals surface area (Å²) in [4.78, 5) is 14.2. The van der Waals surface area contributed by atoms with Crippen LogP contribution >= 0.6 is 24.0 Å². The largest absolute Gasteiger partial charge is 0.317 e. The molecule has 112 valence electrons. The third-order valence-electron chi connectivity index (χ3n) is 3.49. The number of carbonyl (C=O) groups is 1. The highest BCUT2D eigenvalue weighted by molar-refractivity contribution is 6.31. The number of piperidine rings is 1. The number of hydrogen-bond acceptors (Lipinski definition) is 2. The number of anilines is 1. The topological polar surface area (TPSA) is 32.3 Å². The van der Waals surface area contributed by atoms with Gasteiger partial charge >= 0.3 is 0 Å². The van der Waals surface area contributed by atoms with Gasteiger partial charge in [-0.05, 0) is 51.1 Å². The lowest BCUT2D eigenvalue weighted by atomic mass is 9.96. The number of nitrogens with one attached hydrogen (secondary N) is 1. The first-order chi connectivity index (χ1) is 9.13. The molecule has 1 aliphatic rings. The summed E-state index contributed by atoms with van der Waals surface area (Å²) in [6.07, 6.45) is 1.70. The van der Waals surface area contributed by atoms with Gasteiger partial charge in [0.2, 0.25) is 5.91 Å². The number of rotatable bonds is 3. The van der Waals surface area contributed by atoms with Gasteiger partial charge in [-0.2, -0.15) is 0 Å². The molecule has 0 bridgehead atoms. The van der Waals surface area contributed by atoms with Crippen molar-refractivity contribution in [3.63, 3.8) is 0 Å². The molecule has 20 heavy (non-hydrogen) atoms. The molecule has 0 saturated carbocycles. The van der Waals surface area contributed by atoms with E-state index in [0.717, 1.165) is 25.9 Å². The summed E-state index contributed by atoms with van der Waals surface area (Å²) >= 11 is 5.78. The van der Waals surface area contributed by atoms with E-state index in [2.05, 4.69) is 5.32 Å². The minimum Gasteiger partial charge on any atom is -0.317 e. The summed E-state index contributed by atoms with van der Waals surface area (Å²) in [7, 11) is 0. The van der Waals surface area contributed by atoms with E-state index >= 15 is 0 Å². The highest BCUT2D eigenvalue weighted by atomic mass is 35.5. The lowest BCUT2D eigenvalue weighted by molar-refractivity contribution is -0.123. The fraction of sp³-hybridized carbons (Fsp3) is 0.500. The van der Waals surface area contributed by atoms with Gasteiger partial charge in [0.25, 0.3) is 0 Å². The lowest BCUT2D eigenvalue weighted by Crippen LogP contribution is -2.41. The number of carbonyl (C=O) groups excluding carboxylic acids is 1. The van der Waals surface area contributed by atoms with Crippen molar-refractivity contribution in [1.29, 1.82) is 0 Å². The van der Waals surface area contributed by atoms with Gasteiger partial charge in [-0.15, -0.1) is 12.4 Å². The fourth-order valence-electron chi connectivity index (χ4n) is 2.41. The van der Waals surface area contributed by atoms with E-state index in [1.807, 2.05) is 6.92 Å². The van der Waals surface area contributed by atoms with Crippen molar-refractivity contribution in [2.45, 2.75) is 19.8 Å². The number of amides is 1. The van der Waals surface area contributed by atoms with Gasteiger partial charge < -0.3 is 10.2 Å². The number of benzene rings is 1. The Bertz CT molecular complexity index is 464. The maximum absolute atomic E-state index is 13.2. The maximum atomic E-state index is 13.2. The van der Waals surface area contributed by atoms with Crippen molar-refractivity contribution >= 4 is 35.6 Å². The Hall–Kier alpha value is -0.840. The van der Waals surface area contributed by atoms with Gasteiger partial charge in [-0.1, -0.05) is 11.6 Å². The summed E-state index contributed by atoms with van der Waals surface area (Å²) in [5.74, 6) is -0.313. The molecule has 0 spiro atoms. The van der Waals surface area contributed by atoms with Gasteiger partial charge in [-0.3, -0.25) is 4.79 Å². The predicted molar refractivity (Wildman–Crippen MR) is 82.3 cm³/mol. The Morgan fingerprint density at radius 2 is 2.10 bits per heavy atom. The molecule has 1 aromatic carbocycles. The van der Waals surface area contributed by atoms with Crippen LogP contribution in [0.15, 0.2) is 18.2 Å². The predicted octanol–water partition coefficient (Wildman–Crippen LogP) is 3.25. The molecule has 1 saturated heterocycles. The molecular weight excluding hydrogens is 302 g/mol. The van der Waals surface area contributed by atoms with Crippen LogP contribution < -0.4 is 10.2 Å². The zero-order chi connectivity index (χ0) is 13.8. The van der Waals surface area contributed by atoms with Crippen molar-refractivity contribution in [1.82, 2.24) is 5.32 Å². The summed E-state index contributed by atoms with van der Waals surface area (Å²) in [6.45, 7) is 4.22. The van der Waals surface area contributed by atoms with E-state index < -0.39 is 5.82 Å². The SMILES string of the molecule is CCN(C(=O)C1CCNCC1)c1ccc(F)c(Cl)c1.Cl. The zero-order valence-electron chi connectivity index (χ0n) is 11.4. The molecule has 1 heterocycles. The van der Waals surface area contributed by atoms with E-state index in [-0.39, 0.29) is 29.3 Å². The van der Waals surface area contributed by atoms with Gasteiger partial charge in [0.1, 0.15) is 5.82 Å². The van der Waals surface area contributed by atoms with E-state index in [9.17, 15) is 9.18 Å². The minimum absolute atomic E-state index is 0. The highest BCUT2D eigenvalue weighted by Gasteiger charge is 2.26. The molecule has 3 nitrogen and oxygen atoms in total. The van der Waals surface area contributed by atoms with Crippen molar-refractivity contribution in [3.05, 3.63) is 29.0 Å². The van der Waals surface area contributed by atoms with Crippen LogP contribution in [-0.2, 0) is 4.79 Å². The van der Waals surface area contributed by atoms with Crippen molar-refractivity contribution in [3.8, 4) is 0 Å². The Morgan fingerprint density at radius 1 is 1.45 bits per heavy atom. The third kappa shape index (κ3) is 3.84. The second-order valence-corrected chi connectivity index (χ2v) is 5.11. The van der Waals surface area contributed by atoms with Crippen LogP contribution in [0.1, 0.15) is 19.8 Å². The Kier molecular flexibility index (Phi) is 6.72. The van der Waals surface area contributed by atoms with Crippen LogP contribution in [0.4, 0.5) is 10.1 Å². The molecule has 1 aromatic rings. The number of hydrogen-bond donors (Lipinski definition) is 1. The van der Waals surface area contributed by atoms with Crippen molar-refractivity contribution in [2.75, 3.05) is 24.5 Å². The summed E-state index contributed by atoms with van der Waals surface area (Å²) in [5.41, 5.74) is 0.664. The summed E-state index contributed by atoms with van der Waals surface area (Å²) in [5, 5.41) is 3.29. The quantitative estimate of drug-likeness (QED) is 0.927. The van der Waals surface area contributed by atoms with E-state index in [4.69, 9.17) is 11.6 Å². The van der Waals surface area contributed by atoms with Gasteiger partial charge in [-0.25, -0.2) is 4.39 Å². The maximum Gasteiger partial charge on any atom is 0.230 e. The molecule has 0 aliphatic carbocycles. The molecule has 2 rings (SSSR count). The molecular formula is C14H19Cl2FN2O. The van der Waals surface area contributed by atoms with Crippen LogP contribution in [0, 0.1) is 11.7 Å². The summed E-state index contributed by atoms with van der Waals surface area (Å²) in [6, 6.07) is 4.42. The molecule has 0 radical (unpaired) electrons.